The second kappa shape index (κ2) is 2.45. The molecular weight excluding hydrogens is 227 g/mol. The first-order valence-corrected chi connectivity index (χ1v) is 4.04. The molecule has 2 rings (SSSR count). The molecule has 2 aromatic rings. The molecule has 1 aromatic heterocycles. The van der Waals surface area contributed by atoms with Gasteiger partial charge in [-0.3, -0.25) is 15.0 Å². The van der Waals surface area contributed by atoms with E-state index in [9.17, 15) is 9.18 Å². The summed E-state index contributed by atoms with van der Waals surface area (Å²) in [6, 6.07) is 2.79. The normalized spacial score (nSPS) is 10.8. The molecule has 0 saturated carbocycles. The summed E-state index contributed by atoms with van der Waals surface area (Å²) in [7, 11) is 0. The Morgan fingerprint density at radius 2 is 2.08 bits per heavy atom. The first-order valence-electron chi connectivity index (χ1n) is 3.24. The van der Waals surface area contributed by atoms with Gasteiger partial charge in [0.2, 0.25) is 0 Å². The van der Waals surface area contributed by atoms with Crippen LogP contribution in [0.3, 0.4) is 0 Å². The van der Waals surface area contributed by atoms with Gasteiger partial charge >= 0.3 is 0 Å². The first kappa shape index (κ1) is 7.54. The van der Waals surface area contributed by atoms with Crippen molar-refractivity contribution in [2.45, 2.75) is 0 Å². The van der Waals surface area contributed by atoms with Gasteiger partial charge < -0.3 is 0 Å². The Bertz CT molecular complexity index is 488. The number of H-pyrrole nitrogens is 2. The smallest absolute Gasteiger partial charge is 0.273 e. The average molecular weight is 231 g/mol. The summed E-state index contributed by atoms with van der Waals surface area (Å²) in [5.41, 5.74) is -0.120. The van der Waals surface area contributed by atoms with Gasteiger partial charge in [0.25, 0.3) is 5.56 Å². The van der Waals surface area contributed by atoms with E-state index < -0.39 is 5.82 Å². The Hall–Kier alpha value is -1.10. The molecule has 0 unspecified atom stereocenters. The molecule has 0 aliphatic heterocycles. The lowest BCUT2D eigenvalue weighted by Gasteiger charge is -1.92. The summed E-state index contributed by atoms with van der Waals surface area (Å²) in [6.07, 6.45) is 0. The molecule has 0 radical (unpaired) electrons. The van der Waals surface area contributed by atoms with Crippen LogP contribution in [0.25, 0.3) is 10.9 Å². The van der Waals surface area contributed by atoms with Crippen LogP contribution in [0.1, 0.15) is 0 Å². The largest absolute Gasteiger partial charge is 0.295 e. The van der Waals surface area contributed by atoms with E-state index in [1.807, 2.05) is 0 Å². The van der Waals surface area contributed by atoms with E-state index in [0.29, 0.717) is 9.86 Å². The maximum atomic E-state index is 13.0. The second-order valence-electron chi connectivity index (χ2n) is 2.36. The molecule has 0 fully saturated rings. The Balaban J connectivity index is 3.09. The minimum atomic E-state index is -0.438. The molecule has 0 aliphatic rings. The van der Waals surface area contributed by atoms with Crippen molar-refractivity contribution in [1.82, 2.24) is 10.2 Å². The Kier molecular flexibility index (Phi) is 1.54. The Morgan fingerprint density at radius 3 is 2.75 bits per heavy atom. The number of fused-ring (bicyclic) bond motifs is 1. The molecule has 0 saturated heterocycles. The molecule has 5 heteroatoms. The van der Waals surface area contributed by atoms with E-state index in [1.54, 1.807) is 0 Å². The van der Waals surface area contributed by atoms with Crippen LogP contribution < -0.4 is 5.56 Å². The average Bonchev–Trinajstić information content (AvgIpc) is 2.42. The zero-order valence-electron chi connectivity index (χ0n) is 5.82. The van der Waals surface area contributed by atoms with Crippen molar-refractivity contribution in [2.24, 2.45) is 0 Å². The summed E-state index contributed by atoms with van der Waals surface area (Å²) < 4.78 is 13.6. The second-order valence-corrected chi connectivity index (χ2v) is 3.21. The topological polar surface area (TPSA) is 48.6 Å². The number of aromatic nitrogens is 2. The molecule has 0 amide bonds. The zero-order chi connectivity index (χ0) is 8.72. The van der Waals surface area contributed by atoms with Gasteiger partial charge in [-0.1, -0.05) is 0 Å². The molecule has 0 bridgehead atoms. The molecule has 1 heterocycles. The van der Waals surface area contributed by atoms with E-state index in [4.69, 9.17) is 0 Å². The lowest BCUT2D eigenvalue weighted by Crippen LogP contribution is -1.97. The fourth-order valence-corrected chi connectivity index (χ4v) is 1.59. The van der Waals surface area contributed by atoms with Gasteiger partial charge in [0, 0.05) is 4.47 Å². The summed E-state index contributed by atoms with van der Waals surface area (Å²) >= 11 is 3.15. The van der Waals surface area contributed by atoms with Crippen LogP contribution in [0, 0.1) is 5.82 Å². The number of nitrogens with one attached hydrogen (secondary N) is 2. The van der Waals surface area contributed by atoms with Crippen molar-refractivity contribution in [3.05, 3.63) is 32.8 Å². The van der Waals surface area contributed by atoms with E-state index in [-0.39, 0.29) is 11.1 Å². The van der Waals surface area contributed by atoms with Crippen LogP contribution in [0.4, 0.5) is 4.39 Å². The third-order valence-corrected chi connectivity index (χ3v) is 2.29. The van der Waals surface area contributed by atoms with Crippen molar-refractivity contribution >= 4 is 26.8 Å². The number of halogens is 2. The summed E-state index contributed by atoms with van der Waals surface area (Å²) in [4.78, 5) is 11.1. The molecule has 12 heavy (non-hydrogen) atoms. The predicted octanol–water partition coefficient (Wildman–Crippen LogP) is 1.76. The minimum Gasteiger partial charge on any atom is -0.295 e. The standard InChI is InChI=1S/C7H4BrFN2O/c8-3-1-2-4(9)6-5(3)7(12)11-10-6/h1-2H,(H2,10,11,12). The molecule has 3 nitrogen and oxygen atoms in total. The van der Waals surface area contributed by atoms with Crippen molar-refractivity contribution in [3.63, 3.8) is 0 Å². The number of benzene rings is 1. The number of rotatable bonds is 0. The van der Waals surface area contributed by atoms with Gasteiger partial charge in [0.15, 0.2) is 0 Å². The Morgan fingerprint density at radius 1 is 1.33 bits per heavy atom. The molecular formula is C7H4BrFN2O. The third kappa shape index (κ3) is 0.896. The first-order chi connectivity index (χ1) is 5.70. The molecule has 0 spiro atoms. The van der Waals surface area contributed by atoms with Gasteiger partial charge in [-0.05, 0) is 28.1 Å². The van der Waals surface area contributed by atoms with Crippen LogP contribution in [0.2, 0.25) is 0 Å². The van der Waals surface area contributed by atoms with Crippen LogP contribution in [0.15, 0.2) is 21.4 Å². The van der Waals surface area contributed by atoms with E-state index in [1.165, 1.54) is 12.1 Å². The monoisotopic (exact) mass is 230 g/mol. The zero-order valence-corrected chi connectivity index (χ0v) is 7.40. The van der Waals surface area contributed by atoms with Gasteiger partial charge in [0.05, 0.1) is 5.39 Å². The number of aromatic amines is 2. The molecule has 0 atom stereocenters. The number of hydrogen-bond acceptors (Lipinski definition) is 1. The van der Waals surface area contributed by atoms with E-state index in [0.717, 1.165) is 0 Å². The summed E-state index contributed by atoms with van der Waals surface area (Å²) in [6.45, 7) is 0. The number of hydrogen-bond donors (Lipinski definition) is 2. The van der Waals surface area contributed by atoms with Crippen molar-refractivity contribution < 1.29 is 4.39 Å². The fourth-order valence-electron chi connectivity index (χ4n) is 1.08. The van der Waals surface area contributed by atoms with Crippen molar-refractivity contribution in [3.8, 4) is 0 Å². The molecule has 0 aliphatic carbocycles. The van der Waals surface area contributed by atoms with E-state index >= 15 is 0 Å². The molecule has 62 valence electrons. The van der Waals surface area contributed by atoms with Crippen LogP contribution >= 0.6 is 15.9 Å². The van der Waals surface area contributed by atoms with Crippen molar-refractivity contribution in [2.75, 3.05) is 0 Å². The highest BCUT2D eigenvalue weighted by atomic mass is 79.9. The Labute approximate surface area is 74.7 Å². The van der Waals surface area contributed by atoms with Gasteiger partial charge in [-0.15, -0.1) is 0 Å². The lowest BCUT2D eigenvalue weighted by atomic mass is 10.2. The van der Waals surface area contributed by atoms with Crippen LogP contribution in [-0.2, 0) is 0 Å². The minimum absolute atomic E-state index is 0.203. The summed E-state index contributed by atoms with van der Waals surface area (Å²) in [5.74, 6) is -0.438. The highest BCUT2D eigenvalue weighted by Crippen LogP contribution is 2.20. The highest BCUT2D eigenvalue weighted by molar-refractivity contribution is 9.10. The fraction of sp³-hybridized carbons (Fsp3) is 0. The third-order valence-electron chi connectivity index (χ3n) is 1.63. The maximum absolute atomic E-state index is 13.0. The van der Waals surface area contributed by atoms with Crippen LogP contribution in [0.5, 0.6) is 0 Å². The van der Waals surface area contributed by atoms with E-state index in [2.05, 4.69) is 26.1 Å². The van der Waals surface area contributed by atoms with Crippen LogP contribution in [-0.4, -0.2) is 10.2 Å². The van der Waals surface area contributed by atoms with Gasteiger partial charge in [0.1, 0.15) is 11.3 Å². The van der Waals surface area contributed by atoms with Gasteiger partial charge in [-0.25, -0.2) is 4.39 Å². The molecule has 2 N–H and O–H groups in total. The van der Waals surface area contributed by atoms with Crippen molar-refractivity contribution in [1.29, 1.82) is 0 Å². The lowest BCUT2D eigenvalue weighted by molar-refractivity contribution is 0.636. The SMILES string of the molecule is O=c1[nH][nH]c2c(F)ccc(Br)c12. The quantitative estimate of drug-likeness (QED) is 0.712. The highest BCUT2D eigenvalue weighted by Gasteiger charge is 2.08. The van der Waals surface area contributed by atoms with Gasteiger partial charge in [-0.2, -0.15) is 0 Å². The molecule has 1 aromatic carbocycles. The summed E-state index contributed by atoms with van der Waals surface area (Å²) in [5, 5.41) is 5.08. The maximum Gasteiger partial charge on any atom is 0.273 e. The predicted molar refractivity (Wildman–Crippen MR) is 46.6 cm³/mol.